The second-order valence-electron chi connectivity index (χ2n) is 5.87. The van der Waals surface area contributed by atoms with Crippen molar-refractivity contribution >= 4 is 17.1 Å². The number of aromatic nitrogens is 4. The maximum absolute atomic E-state index is 12.6. The number of aromatic amines is 1. The third-order valence-corrected chi connectivity index (χ3v) is 4.13. The Morgan fingerprint density at radius 3 is 2.62 bits per heavy atom. The molecule has 0 aliphatic carbocycles. The van der Waals surface area contributed by atoms with Crippen LogP contribution < -0.4 is 5.32 Å². The minimum absolute atomic E-state index is 0.144. The summed E-state index contributed by atoms with van der Waals surface area (Å²) in [6.45, 7) is 0.548. The van der Waals surface area contributed by atoms with Gasteiger partial charge in [0, 0.05) is 30.7 Å². The van der Waals surface area contributed by atoms with Gasteiger partial charge in [-0.3, -0.25) is 9.78 Å². The highest BCUT2D eigenvalue weighted by atomic mass is 16.1. The van der Waals surface area contributed by atoms with E-state index >= 15 is 0 Å². The number of amides is 1. The van der Waals surface area contributed by atoms with Crippen molar-refractivity contribution < 1.29 is 4.79 Å². The van der Waals surface area contributed by atoms with E-state index in [2.05, 4.69) is 25.3 Å². The van der Waals surface area contributed by atoms with Gasteiger partial charge in [0.1, 0.15) is 5.82 Å². The van der Waals surface area contributed by atoms with Gasteiger partial charge in [-0.15, -0.1) is 0 Å². The predicted octanol–water partition coefficient (Wildman–Crippen LogP) is 2.99. The Kier molecular flexibility index (Phi) is 4.38. The van der Waals surface area contributed by atoms with Crippen molar-refractivity contribution in [2.75, 3.05) is 6.54 Å². The lowest BCUT2D eigenvalue weighted by molar-refractivity contribution is 0.0955. The number of benzene rings is 1. The standard InChI is InChI=1S/C20H17N5O/c26-20(23-12-8-14-6-10-21-11-7-14)16-9-13-22-19-17(16)24-18(25-19)15-4-2-1-3-5-15/h1-7,9-11,13H,8,12H2,(H,23,26)(H,22,24,25). The average Bonchev–Trinajstić information content (AvgIpc) is 3.14. The van der Waals surface area contributed by atoms with E-state index in [4.69, 9.17) is 0 Å². The SMILES string of the molecule is O=C(NCCc1ccncc1)c1ccnc2nc(-c3ccccc3)[nH]c12. The molecule has 0 aliphatic rings. The van der Waals surface area contributed by atoms with Crippen LogP contribution in [0.2, 0.25) is 0 Å². The number of fused-ring (bicyclic) bond motifs is 1. The number of carbonyl (C=O) groups excluding carboxylic acids is 1. The number of pyridine rings is 2. The number of nitrogens with zero attached hydrogens (tertiary/aromatic N) is 3. The minimum Gasteiger partial charge on any atom is -0.352 e. The van der Waals surface area contributed by atoms with Crippen molar-refractivity contribution in [2.45, 2.75) is 6.42 Å². The molecule has 26 heavy (non-hydrogen) atoms. The van der Waals surface area contributed by atoms with Crippen LogP contribution >= 0.6 is 0 Å². The lowest BCUT2D eigenvalue weighted by atomic mass is 10.2. The Hall–Kier alpha value is -3.54. The Bertz CT molecular complexity index is 1030. The molecule has 6 nitrogen and oxygen atoms in total. The fourth-order valence-corrected chi connectivity index (χ4v) is 2.80. The first-order valence-electron chi connectivity index (χ1n) is 8.38. The van der Waals surface area contributed by atoms with E-state index in [1.54, 1.807) is 24.7 Å². The van der Waals surface area contributed by atoms with Gasteiger partial charge in [-0.1, -0.05) is 30.3 Å². The first kappa shape index (κ1) is 16.0. The van der Waals surface area contributed by atoms with E-state index in [1.165, 1.54) is 0 Å². The molecule has 0 unspecified atom stereocenters. The van der Waals surface area contributed by atoms with Crippen LogP contribution in [0.1, 0.15) is 15.9 Å². The van der Waals surface area contributed by atoms with Gasteiger partial charge in [-0.2, -0.15) is 0 Å². The summed E-state index contributed by atoms with van der Waals surface area (Å²) >= 11 is 0. The zero-order chi connectivity index (χ0) is 17.8. The normalized spacial score (nSPS) is 10.8. The molecule has 1 amide bonds. The van der Waals surface area contributed by atoms with Crippen LogP contribution in [0.25, 0.3) is 22.6 Å². The highest BCUT2D eigenvalue weighted by molar-refractivity contribution is 6.04. The van der Waals surface area contributed by atoms with Crippen LogP contribution in [0.4, 0.5) is 0 Å². The van der Waals surface area contributed by atoms with Gasteiger partial charge >= 0.3 is 0 Å². The molecule has 0 radical (unpaired) electrons. The second-order valence-corrected chi connectivity index (χ2v) is 5.87. The molecule has 0 aliphatic heterocycles. The molecular weight excluding hydrogens is 326 g/mol. The van der Waals surface area contributed by atoms with Crippen LogP contribution in [0.3, 0.4) is 0 Å². The monoisotopic (exact) mass is 343 g/mol. The summed E-state index contributed by atoms with van der Waals surface area (Å²) in [5, 5.41) is 2.95. The van der Waals surface area contributed by atoms with Crippen molar-refractivity contribution in [3.8, 4) is 11.4 Å². The molecule has 4 rings (SSSR count). The predicted molar refractivity (Wildman–Crippen MR) is 99.6 cm³/mol. The minimum atomic E-state index is -0.144. The topological polar surface area (TPSA) is 83.6 Å². The highest BCUT2D eigenvalue weighted by Gasteiger charge is 2.14. The largest absolute Gasteiger partial charge is 0.352 e. The van der Waals surface area contributed by atoms with E-state index < -0.39 is 0 Å². The van der Waals surface area contributed by atoms with Crippen molar-refractivity contribution in [1.29, 1.82) is 0 Å². The number of H-pyrrole nitrogens is 1. The first-order valence-corrected chi connectivity index (χ1v) is 8.38. The smallest absolute Gasteiger partial charge is 0.253 e. The Morgan fingerprint density at radius 1 is 1.00 bits per heavy atom. The van der Waals surface area contributed by atoms with Gasteiger partial charge in [0.25, 0.3) is 5.91 Å². The molecule has 0 saturated heterocycles. The number of carbonyl (C=O) groups is 1. The van der Waals surface area contributed by atoms with Crippen LogP contribution in [0.5, 0.6) is 0 Å². The fraction of sp³-hybridized carbons (Fsp3) is 0.100. The molecule has 6 heteroatoms. The summed E-state index contributed by atoms with van der Waals surface area (Å²) in [7, 11) is 0. The molecule has 128 valence electrons. The van der Waals surface area contributed by atoms with E-state index in [1.807, 2.05) is 42.5 Å². The summed E-state index contributed by atoms with van der Waals surface area (Å²) < 4.78 is 0. The quantitative estimate of drug-likeness (QED) is 0.583. The number of hydrogen-bond acceptors (Lipinski definition) is 4. The van der Waals surface area contributed by atoms with Crippen molar-refractivity contribution in [3.63, 3.8) is 0 Å². The van der Waals surface area contributed by atoms with Gasteiger partial charge in [-0.25, -0.2) is 9.97 Å². The van der Waals surface area contributed by atoms with Crippen LogP contribution in [0, 0.1) is 0 Å². The number of rotatable bonds is 5. The molecule has 0 saturated carbocycles. The van der Waals surface area contributed by atoms with E-state index in [9.17, 15) is 4.79 Å². The highest BCUT2D eigenvalue weighted by Crippen LogP contribution is 2.21. The molecule has 1 aromatic carbocycles. The molecule has 3 heterocycles. The summed E-state index contributed by atoms with van der Waals surface area (Å²) in [4.78, 5) is 28.6. The molecule has 4 aromatic rings. The van der Waals surface area contributed by atoms with Gasteiger partial charge in [-0.05, 0) is 30.2 Å². The Morgan fingerprint density at radius 2 is 1.81 bits per heavy atom. The van der Waals surface area contributed by atoms with Crippen LogP contribution in [0.15, 0.2) is 67.1 Å². The second kappa shape index (κ2) is 7.14. The maximum atomic E-state index is 12.6. The Labute approximate surface area is 150 Å². The van der Waals surface area contributed by atoms with Crippen molar-refractivity contribution in [1.82, 2.24) is 25.3 Å². The first-order chi connectivity index (χ1) is 12.8. The number of imidazole rings is 1. The van der Waals surface area contributed by atoms with Crippen molar-refractivity contribution in [3.05, 3.63) is 78.2 Å². The molecule has 0 atom stereocenters. The van der Waals surface area contributed by atoms with Gasteiger partial charge in [0.2, 0.25) is 0 Å². The summed E-state index contributed by atoms with van der Waals surface area (Å²) in [5.41, 5.74) is 3.81. The van der Waals surface area contributed by atoms with Crippen LogP contribution in [-0.2, 0) is 6.42 Å². The molecule has 0 fully saturated rings. The third kappa shape index (κ3) is 3.30. The molecule has 0 spiro atoms. The zero-order valence-electron chi connectivity index (χ0n) is 14.0. The van der Waals surface area contributed by atoms with Crippen molar-refractivity contribution in [2.24, 2.45) is 0 Å². The van der Waals surface area contributed by atoms with Gasteiger partial charge in [0.15, 0.2) is 5.65 Å². The number of nitrogens with one attached hydrogen (secondary N) is 2. The van der Waals surface area contributed by atoms with E-state index in [-0.39, 0.29) is 5.91 Å². The molecular formula is C20H17N5O. The van der Waals surface area contributed by atoms with Crippen LogP contribution in [-0.4, -0.2) is 32.4 Å². The maximum Gasteiger partial charge on any atom is 0.253 e. The third-order valence-electron chi connectivity index (χ3n) is 4.13. The van der Waals surface area contributed by atoms with E-state index in [0.29, 0.717) is 29.1 Å². The number of hydrogen-bond donors (Lipinski definition) is 2. The lowest BCUT2D eigenvalue weighted by Crippen LogP contribution is -2.26. The summed E-state index contributed by atoms with van der Waals surface area (Å²) in [6, 6.07) is 15.4. The molecule has 0 bridgehead atoms. The Balaban J connectivity index is 1.54. The fourth-order valence-electron chi connectivity index (χ4n) is 2.80. The molecule has 2 N–H and O–H groups in total. The average molecular weight is 343 g/mol. The summed E-state index contributed by atoms with van der Waals surface area (Å²) in [5.74, 6) is 0.555. The van der Waals surface area contributed by atoms with Gasteiger partial charge < -0.3 is 10.3 Å². The van der Waals surface area contributed by atoms with E-state index in [0.717, 1.165) is 17.5 Å². The zero-order valence-corrected chi connectivity index (χ0v) is 14.0. The summed E-state index contributed by atoms with van der Waals surface area (Å²) in [6.07, 6.45) is 5.86. The lowest BCUT2D eigenvalue weighted by Gasteiger charge is -2.05. The van der Waals surface area contributed by atoms with Gasteiger partial charge in [0.05, 0.1) is 11.1 Å². The molecule has 3 aromatic heterocycles.